The largest absolute Gasteiger partial charge is 0.496 e. The van der Waals surface area contributed by atoms with Crippen molar-refractivity contribution in [1.29, 1.82) is 0 Å². The monoisotopic (exact) mass is 331 g/mol. The number of carbonyl (C=O) groups is 1. The molecule has 7 nitrogen and oxygen atoms in total. The van der Waals surface area contributed by atoms with Crippen LogP contribution in [0.3, 0.4) is 0 Å². The van der Waals surface area contributed by atoms with Gasteiger partial charge in [-0.1, -0.05) is 0 Å². The molecule has 1 unspecified atom stereocenters. The third-order valence-corrected chi connectivity index (χ3v) is 4.30. The molecule has 1 atom stereocenters. The van der Waals surface area contributed by atoms with E-state index in [1.54, 1.807) is 38.3 Å². The van der Waals surface area contributed by atoms with Gasteiger partial charge in [0.15, 0.2) is 11.5 Å². The SMILES string of the molecule is CCn1ncc2c1NC(=O)CC2c1cc(OC)c(OC)cc1OC. The lowest BCUT2D eigenvalue weighted by Crippen LogP contribution is -2.25. The standard InChI is InChI=1S/C17H21N3O4/c1-5-20-17-12(9-18-20)10(7-16(21)19-17)11-6-14(23-3)15(24-4)8-13(11)22-2/h6,8-10H,5,7H2,1-4H3,(H,19,21). The predicted molar refractivity (Wildman–Crippen MR) is 89.1 cm³/mol. The van der Waals surface area contributed by atoms with Crippen LogP contribution in [-0.2, 0) is 11.3 Å². The van der Waals surface area contributed by atoms with E-state index in [1.165, 1.54) is 0 Å². The fraction of sp³-hybridized carbons (Fsp3) is 0.412. The number of nitrogens with zero attached hydrogens (tertiary/aromatic N) is 2. The lowest BCUT2D eigenvalue weighted by atomic mass is 9.86. The first kappa shape index (κ1) is 16.2. The normalized spacial score (nSPS) is 16.3. The van der Waals surface area contributed by atoms with Crippen LogP contribution in [0.1, 0.15) is 30.4 Å². The molecule has 0 radical (unpaired) electrons. The topological polar surface area (TPSA) is 74.6 Å². The van der Waals surface area contributed by atoms with Crippen LogP contribution in [0.15, 0.2) is 18.3 Å². The van der Waals surface area contributed by atoms with Crippen LogP contribution in [0.25, 0.3) is 0 Å². The van der Waals surface area contributed by atoms with E-state index in [1.807, 2.05) is 13.0 Å². The van der Waals surface area contributed by atoms with Crippen LogP contribution in [0, 0.1) is 0 Å². The van der Waals surface area contributed by atoms with Crippen molar-refractivity contribution in [2.45, 2.75) is 25.8 Å². The van der Waals surface area contributed by atoms with Gasteiger partial charge in [-0.15, -0.1) is 0 Å². The number of aryl methyl sites for hydroxylation is 1. The molecule has 2 heterocycles. The molecule has 24 heavy (non-hydrogen) atoms. The van der Waals surface area contributed by atoms with E-state index in [0.717, 1.165) is 16.9 Å². The molecule has 0 fully saturated rings. The number of benzene rings is 1. The van der Waals surface area contributed by atoms with E-state index >= 15 is 0 Å². The highest BCUT2D eigenvalue weighted by molar-refractivity contribution is 5.94. The third-order valence-electron chi connectivity index (χ3n) is 4.30. The second kappa shape index (κ2) is 6.43. The molecule has 1 aromatic heterocycles. The van der Waals surface area contributed by atoms with Gasteiger partial charge < -0.3 is 19.5 Å². The van der Waals surface area contributed by atoms with Crippen LogP contribution in [0.2, 0.25) is 0 Å². The molecule has 0 bridgehead atoms. The van der Waals surface area contributed by atoms with E-state index in [-0.39, 0.29) is 11.8 Å². The fourth-order valence-electron chi connectivity index (χ4n) is 3.11. The Labute approximate surface area is 140 Å². The van der Waals surface area contributed by atoms with Gasteiger partial charge in [-0.25, -0.2) is 4.68 Å². The number of carbonyl (C=O) groups excluding carboxylic acids is 1. The van der Waals surface area contributed by atoms with Gasteiger partial charge in [-0.3, -0.25) is 4.79 Å². The first-order chi connectivity index (χ1) is 11.6. The molecule has 1 aliphatic heterocycles. The van der Waals surface area contributed by atoms with Crippen LogP contribution in [-0.4, -0.2) is 37.0 Å². The van der Waals surface area contributed by atoms with E-state index in [4.69, 9.17) is 14.2 Å². The Hall–Kier alpha value is -2.70. The summed E-state index contributed by atoms with van der Waals surface area (Å²) >= 11 is 0. The van der Waals surface area contributed by atoms with E-state index in [9.17, 15) is 4.79 Å². The summed E-state index contributed by atoms with van der Waals surface area (Å²) in [6.07, 6.45) is 2.13. The Morgan fingerprint density at radius 3 is 2.42 bits per heavy atom. The van der Waals surface area contributed by atoms with Gasteiger partial charge in [0, 0.05) is 36.1 Å². The molecule has 1 N–H and O–H groups in total. The van der Waals surface area contributed by atoms with Crippen LogP contribution in [0.4, 0.5) is 5.82 Å². The first-order valence-corrected chi connectivity index (χ1v) is 7.78. The molecule has 0 saturated carbocycles. The predicted octanol–water partition coefficient (Wildman–Crippen LogP) is 2.40. The molecular weight excluding hydrogens is 310 g/mol. The lowest BCUT2D eigenvalue weighted by molar-refractivity contribution is -0.116. The van der Waals surface area contributed by atoms with Crippen LogP contribution >= 0.6 is 0 Å². The smallest absolute Gasteiger partial charge is 0.226 e. The molecule has 1 amide bonds. The maximum Gasteiger partial charge on any atom is 0.226 e. The Balaban J connectivity index is 2.15. The van der Waals surface area contributed by atoms with E-state index < -0.39 is 0 Å². The highest BCUT2D eigenvalue weighted by Gasteiger charge is 2.32. The minimum absolute atomic E-state index is 0.0421. The number of hydrogen-bond donors (Lipinski definition) is 1. The van der Waals surface area contributed by atoms with E-state index in [2.05, 4.69) is 10.4 Å². The van der Waals surface area contributed by atoms with E-state index in [0.29, 0.717) is 30.2 Å². The fourth-order valence-corrected chi connectivity index (χ4v) is 3.11. The van der Waals surface area contributed by atoms with Crippen LogP contribution in [0.5, 0.6) is 17.2 Å². The highest BCUT2D eigenvalue weighted by Crippen LogP contribution is 2.44. The maximum absolute atomic E-state index is 12.2. The summed E-state index contributed by atoms with van der Waals surface area (Å²) in [5.74, 6) is 2.40. The van der Waals surface area contributed by atoms with Gasteiger partial charge in [-0.05, 0) is 13.0 Å². The third kappa shape index (κ3) is 2.55. The summed E-state index contributed by atoms with van der Waals surface area (Å²) in [6.45, 7) is 2.67. The van der Waals surface area contributed by atoms with Gasteiger partial charge in [0.2, 0.25) is 5.91 Å². The van der Waals surface area contributed by atoms with Crippen molar-refractivity contribution in [1.82, 2.24) is 9.78 Å². The summed E-state index contributed by atoms with van der Waals surface area (Å²) < 4.78 is 18.1. The molecule has 3 rings (SSSR count). The van der Waals surface area contributed by atoms with Crippen molar-refractivity contribution in [2.75, 3.05) is 26.6 Å². The number of fused-ring (bicyclic) bond motifs is 1. The molecule has 1 aromatic carbocycles. The molecule has 128 valence electrons. The molecule has 0 aliphatic carbocycles. The van der Waals surface area contributed by atoms with Gasteiger partial charge in [-0.2, -0.15) is 5.10 Å². The van der Waals surface area contributed by atoms with Crippen molar-refractivity contribution in [3.63, 3.8) is 0 Å². The lowest BCUT2D eigenvalue weighted by Gasteiger charge is -2.25. The summed E-state index contributed by atoms with van der Waals surface area (Å²) in [6, 6.07) is 3.65. The van der Waals surface area contributed by atoms with Gasteiger partial charge in [0.25, 0.3) is 0 Å². The van der Waals surface area contributed by atoms with Gasteiger partial charge in [0.1, 0.15) is 11.6 Å². The zero-order chi connectivity index (χ0) is 17.3. The summed E-state index contributed by atoms with van der Waals surface area (Å²) in [4.78, 5) is 12.2. The van der Waals surface area contributed by atoms with Gasteiger partial charge >= 0.3 is 0 Å². The van der Waals surface area contributed by atoms with Crippen LogP contribution < -0.4 is 19.5 Å². The zero-order valence-corrected chi connectivity index (χ0v) is 14.3. The minimum Gasteiger partial charge on any atom is -0.496 e. The molecular formula is C17H21N3O4. The molecule has 0 saturated heterocycles. The number of aromatic nitrogens is 2. The number of anilines is 1. The summed E-state index contributed by atoms with van der Waals surface area (Å²) in [5, 5.41) is 7.28. The summed E-state index contributed by atoms with van der Waals surface area (Å²) in [5.41, 5.74) is 1.85. The van der Waals surface area contributed by atoms with Crippen molar-refractivity contribution in [3.05, 3.63) is 29.5 Å². The minimum atomic E-state index is -0.149. The van der Waals surface area contributed by atoms with Crippen molar-refractivity contribution in [3.8, 4) is 17.2 Å². The number of methoxy groups -OCH3 is 3. The van der Waals surface area contributed by atoms with Crippen molar-refractivity contribution >= 4 is 11.7 Å². The number of hydrogen-bond acceptors (Lipinski definition) is 5. The van der Waals surface area contributed by atoms with Crippen molar-refractivity contribution < 1.29 is 19.0 Å². The number of rotatable bonds is 5. The Bertz CT molecular complexity index is 769. The highest BCUT2D eigenvalue weighted by atomic mass is 16.5. The quantitative estimate of drug-likeness (QED) is 0.910. The molecule has 1 aliphatic rings. The number of nitrogens with one attached hydrogen (secondary N) is 1. The number of amides is 1. The maximum atomic E-state index is 12.2. The zero-order valence-electron chi connectivity index (χ0n) is 14.3. The first-order valence-electron chi connectivity index (χ1n) is 7.78. The molecule has 7 heteroatoms. The average molecular weight is 331 g/mol. The van der Waals surface area contributed by atoms with Gasteiger partial charge in [0.05, 0.1) is 27.5 Å². The number of ether oxygens (including phenoxy) is 3. The average Bonchev–Trinajstić information content (AvgIpc) is 3.02. The molecule has 0 spiro atoms. The Kier molecular flexibility index (Phi) is 4.33. The Morgan fingerprint density at radius 2 is 1.79 bits per heavy atom. The second-order valence-corrected chi connectivity index (χ2v) is 5.52. The second-order valence-electron chi connectivity index (χ2n) is 5.52. The Morgan fingerprint density at radius 1 is 1.12 bits per heavy atom. The van der Waals surface area contributed by atoms with Crippen molar-refractivity contribution in [2.24, 2.45) is 0 Å². The molecule has 2 aromatic rings. The summed E-state index contributed by atoms with van der Waals surface area (Å²) in [7, 11) is 4.76.